The van der Waals surface area contributed by atoms with E-state index in [9.17, 15) is 13.2 Å². The van der Waals surface area contributed by atoms with Crippen molar-refractivity contribution in [1.82, 2.24) is 10.0 Å². The lowest BCUT2D eigenvalue weighted by atomic mass is 10.2. The molecule has 1 rings (SSSR count). The van der Waals surface area contributed by atoms with Crippen LogP contribution in [0, 0.1) is 0 Å². The molecule has 0 aliphatic heterocycles. The minimum atomic E-state index is -3.76. The van der Waals surface area contributed by atoms with Crippen LogP contribution in [0.3, 0.4) is 0 Å². The second-order valence-electron chi connectivity index (χ2n) is 3.18. The molecule has 1 aromatic carbocycles. The number of aryl methyl sites for hydroxylation is 1. The summed E-state index contributed by atoms with van der Waals surface area (Å²) in [6.07, 6.45) is 0.837. The first kappa shape index (κ1) is 12.5. The number of sulfonamides is 1. The topological polar surface area (TPSA) is 75.3 Å². The Labute approximate surface area is 94.9 Å². The molecule has 0 aromatic heterocycles. The lowest BCUT2D eigenvalue weighted by Crippen LogP contribution is -2.37. The summed E-state index contributed by atoms with van der Waals surface area (Å²) in [5, 5.41) is 2.18. The number of carbonyl (C=O) groups excluding carboxylic acids is 1. The average Bonchev–Trinajstić information content (AvgIpc) is 2.28. The van der Waals surface area contributed by atoms with Gasteiger partial charge in [0.05, 0.1) is 4.90 Å². The Hall–Kier alpha value is -1.56. The predicted octanol–water partition coefficient (Wildman–Crippen LogP) is 0.867. The second kappa shape index (κ2) is 4.98. The highest BCUT2D eigenvalue weighted by Crippen LogP contribution is 2.10. The van der Waals surface area contributed by atoms with Crippen LogP contribution < -0.4 is 10.0 Å². The molecule has 1 aromatic rings. The van der Waals surface area contributed by atoms with E-state index in [1.165, 1.54) is 19.2 Å². The van der Waals surface area contributed by atoms with Gasteiger partial charge in [0, 0.05) is 7.05 Å². The van der Waals surface area contributed by atoms with Crippen LogP contribution in [0.15, 0.2) is 29.2 Å². The molecule has 6 heteroatoms. The summed E-state index contributed by atoms with van der Waals surface area (Å²) < 4.78 is 25.1. The maximum Gasteiger partial charge on any atom is 0.328 e. The van der Waals surface area contributed by atoms with Gasteiger partial charge in [0.1, 0.15) is 0 Å². The Balaban J connectivity index is 2.94. The molecule has 16 heavy (non-hydrogen) atoms. The van der Waals surface area contributed by atoms with E-state index in [1.54, 1.807) is 12.1 Å². The van der Waals surface area contributed by atoms with Crippen molar-refractivity contribution >= 4 is 16.1 Å². The molecule has 2 amide bonds. The van der Waals surface area contributed by atoms with Gasteiger partial charge in [0.2, 0.25) is 0 Å². The highest BCUT2D eigenvalue weighted by Gasteiger charge is 2.16. The first-order valence-electron chi connectivity index (χ1n) is 4.83. The van der Waals surface area contributed by atoms with Crippen molar-refractivity contribution in [2.24, 2.45) is 0 Å². The summed E-state index contributed by atoms with van der Waals surface area (Å²) in [5.41, 5.74) is 1.04. The van der Waals surface area contributed by atoms with Crippen LogP contribution >= 0.6 is 0 Å². The normalized spacial score (nSPS) is 10.9. The zero-order valence-corrected chi connectivity index (χ0v) is 9.97. The van der Waals surface area contributed by atoms with E-state index in [1.807, 2.05) is 11.6 Å². The number of carbonyl (C=O) groups is 1. The van der Waals surface area contributed by atoms with Crippen LogP contribution in [-0.2, 0) is 16.4 Å². The van der Waals surface area contributed by atoms with Crippen LogP contribution in [0.1, 0.15) is 12.5 Å². The van der Waals surface area contributed by atoms with Gasteiger partial charge in [-0.2, -0.15) is 0 Å². The van der Waals surface area contributed by atoms with Crippen molar-refractivity contribution in [2.75, 3.05) is 7.05 Å². The number of hydrogen-bond acceptors (Lipinski definition) is 3. The molecule has 0 aliphatic rings. The van der Waals surface area contributed by atoms with E-state index in [-0.39, 0.29) is 4.90 Å². The minimum Gasteiger partial charge on any atom is -0.340 e. The number of urea groups is 1. The first-order chi connectivity index (χ1) is 7.49. The average molecular weight is 242 g/mol. The van der Waals surface area contributed by atoms with Crippen molar-refractivity contribution in [3.05, 3.63) is 29.8 Å². The second-order valence-corrected chi connectivity index (χ2v) is 4.86. The molecule has 5 nitrogen and oxygen atoms in total. The van der Waals surface area contributed by atoms with Gasteiger partial charge in [-0.05, 0) is 24.1 Å². The standard InChI is InChI=1S/C10H14N2O3S/c1-3-8-4-6-9(7-5-8)16(14,15)12-10(13)11-2/h4-7H,3H2,1-2H3,(H2,11,12,13). The molecule has 0 heterocycles. The Morgan fingerprint density at radius 2 is 1.81 bits per heavy atom. The molecular weight excluding hydrogens is 228 g/mol. The number of hydrogen-bond donors (Lipinski definition) is 2. The van der Waals surface area contributed by atoms with Gasteiger partial charge in [0.15, 0.2) is 0 Å². The molecule has 0 spiro atoms. The van der Waals surface area contributed by atoms with Gasteiger partial charge in [0.25, 0.3) is 10.0 Å². The molecule has 0 saturated carbocycles. The summed E-state index contributed by atoms with van der Waals surface area (Å²) >= 11 is 0. The predicted molar refractivity (Wildman–Crippen MR) is 60.6 cm³/mol. The van der Waals surface area contributed by atoms with Gasteiger partial charge in [-0.3, -0.25) is 0 Å². The largest absolute Gasteiger partial charge is 0.340 e. The van der Waals surface area contributed by atoms with Crippen molar-refractivity contribution in [3.63, 3.8) is 0 Å². The fourth-order valence-corrected chi connectivity index (χ4v) is 2.09. The van der Waals surface area contributed by atoms with Gasteiger partial charge in [-0.15, -0.1) is 0 Å². The maximum absolute atomic E-state index is 11.6. The summed E-state index contributed by atoms with van der Waals surface area (Å²) in [7, 11) is -2.41. The molecule has 0 atom stereocenters. The molecule has 0 saturated heterocycles. The van der Waals surface area contributed by atoms with E-state index in [4.69, 9.17) is 0 Å². The van der Waals surface area contributed by atoms with Crippen LogP contribution in [0.25, 0.3) is 0 Å². The summed E-state index contributed by atoms with van der Waals surface area (Å²) in [6, 6.07) is 5.64. The summed E-state index contributed by atoms with van der Waals surface area (Å²) in [4.78, 5) is 11.0. The van der Waals surface area contributed by atoms with E-state index in [0.29, 0.717) is 0 Å². The van der Waals surface area contributed by atoms with Crippen LogP contribution in [0.4, 0.5) is 4.79 Å². The van der Waals surface area contributed by atoms with Crippen molar-refractivity contribution in [1.29, 1.82) is 0 Å². The quantitative estimate of drug-likeness (QED) is 0.825. The van der Waals surface area contributed by atoms with Gasteiger partial charge >= 0.3 is 6.03 Å². The Kier molecular flexibility index (Phi) is 3.89. The molecule has 88 valence electrons. The summed E-state index contributed by atoms with van der Waals surface area (Å²) in [5.74, 6) is 0. The van der Waals surface area contributed by atoms with E-state index in [2.05, 4.69) is 5.32 Å². The van der Waals surface area contributed by atoms with Crippen LogP contribution in [-0.4, -0.2) is 21.5 Å². The third kappa shape index (κ3) is 2.96. The number of nitrogens with one attached hydrogen (secondary N) is 2. The number of benzene rings is 1. The van der Waals surface area contributed by atoms with E-state index < -0.39 is 16.1 Å². The van der Waals surface area contributed by atoms with E-state index in [0.717, 1.165) is 12.0 Å². The van der Waals surface area contributed by atoms with Crippen molar-refractivity contribution in [2.45, 2.75) is 18.2 Å². The first-order valence-corrected chi connectivity index (χ1v) is 6.31. The molecule has 2 N–H and O–H groups in total. The molecular formula is C10H14N2O3S. The number of rotatable bonds is 3. The van der Waals surface area contributed by atoms with Crippen molar-refractivity contribution < 1.29 is 13.2 Å². The maximum atomic E-state index is 11.6. The Morgan fingerprint density at radius 1 is 1.25 bits per heavy atom. The van der Waals surface area contributed by atoms with Crippen molar-refractivity contribution in [3.8, 4) is 0 Å². The molecule has 0 radical (unpaired) electrons. The van der Waals surface area contributed by atoms with Gasteiger partial charge in [-0.25, -0.2) is 17.9 Å². The minimum absolute atomic E-state index is 0.0771. The third-order valence-corrected chi connectivity index (χ3v) is 3.44. The molecule has 0 unspecified atom stereocenters. The SMILES string of the molecule is CCc1ccc(S(=O)(=O)NC(=O)NC)cc1. The molecule has 0 bridgehead atoms. The third-order valence-electron chi connectivity index (χ3n) is 2.10. The van der Waals surface area contributed by atoms with Crippen LogP contribution in [0.5, 0.6) is 0 Å². The zero-order chi connectivity index (χ0) is 12.2. The molecule has 0 fully saturated rings. The fourth-order valence-electron chi connectivity index (χ4n) is 1.14. The Morgan fingerprint density at radius 3 is 2.25 bits per heavy atom. The Bertz CT molecular complexity index is 465. The molecule has 0 aliphatic carbocycles. The lowest BCUT2D eigenvalue weighted by Gasteiger charge is -2.06. The smallest absolute Gasteiger partial charge is 0.328 e. The number of amides is 2. The highest BCUT2D eigenvalue weighted by molar-refractivity contribution is 7.90. The van der Waals surface area contributed by atoms with E-state index >= 15 is 0 Å². The van der Waals surface area contributed by atoms with Gasteiger partial charge in [-0.1, -0.05) is 19.1 Å². The zero-order valence-electron chi connectivity index (χ0n) is 9.15. The van der Waals surface area contributed by atoms with Gasteiger partial charge < -0.3 is 5.32 Å². The monoisotopic (exact) mass is 242 g/mol. The highest BCUT2D eigenvalue weighted by atomic mass is 32.2. The summed E-state index contributed by atoms with van der Waals surface area (Å²) in [6.45, 7) is 1.98. The fraction of sp³-hybridized carbons (Fsp3) is 0.300. The lowest BCUT2D eigenvalue weighted by molar-refractivity contribution is 0.248. The van der Waals surface area contributed by atoms with Crippen LogP contribution in [0.2, 0.25) is 0 Å².